The Morgan fingerprint density at radius 3 is 2.05 bits per heavy atom. The van der Waals surface area contributed by atoms with Gasteiger partial charge in [-0.1, -0.05) is 13.8 Å². The van der Waals surface area contributed by atoms with E-state index in [1.54, 1.807) is 0 Å². The zero-order valence-corrected chi connectivity index (χ0v) is 13.6. The first-order valence-electron chi connectivity index (χ1n) is 8.35. The van der Waals surface area contributed by atoms with E-state index in [0.717, 1.165) is 24.2 Å². The molecule has 3 heteroatoms. The van der Waals surface area contributed by atoms with Gasteiger partial charge in [-0.25, -0.2) is 0 Å². The van der Waals surface area contributed by atoms with Gasteiger partial charge in [0.2, 0.25) is 5.91 Å². The summed E-state index contributed by atoms with van der Waals surface area (Å²) in [6.45, 7) is 4.25. The zero-order chi connectivity index (χ0) is 14.3. The molecule has 4 aliphatic rings. The minimum Gasteiger partial charge on any atom is -0.352 e. The van der Waals surface area contributed by atoms with E-state index >= 15 is 0 Å². The molecule has 0 aliphatic heterocycles. The SMILES string of the molecule is CC(C)C(CCl)NC(=O)CC12CC3CC(CC(C3)C1)C2. The first-order chi connectivity index (χ1) is 9.49. The third kappa shape index (κ3) is 2.86. The Balaban J connectivity index is 1.61. The van der Waals surface area contributed by atoms with Crippen LogP contribution in [0.4, 0.5) is 0 Å². The van der Waals surface area contributed by atoms with E-state index in [-0.39, 0.29) is 11.9 Å². The van der Waals surface area contributed by atoms with Crippen molar-refractivity contribution in [3.8, 4) is 0 Å². The van der Waals surface area contributed by atoms with Gasteiger partial charge in [-0.15, -0.1) is 11.6 Å². The van der Waals surface area contributed by atoms with E-state index in [1.807, 2.05) is 0 Å². The van der Waals surface area contributed by atoms with Gasteiger partial charge in [-0.05, 0) is 67.6 Å². The highest BCUT2D eigenvalue weighted by atomic mass is 35.5. The van der Waals surface area contributed by atoms with Crippen LogP contribution < -0.4 is 5.32 Å². The van der Waals surface area contributed by atoms with Crippen molar-refractivity contribution in [3.05, 3.63) is 0 Å². The van der Waals surface area contributed by atoms with Crippen LogP contribution in [-0.2, 0) is 4.79 Å². The number of nitrogens with one attached hydrogen (secondary N) is 1. The lowest BCUT2D eigenvalue weighted by molar-refractivity contribution is -0.130. The van der Waals surface area contributed by atoms with Crippen LogP contribution in [-0.4, -0.2) is 17.8 Å². The molecular weight excluding hydrogens is 270 g/mol. The summed E-state index contributed by atoms with van der Waals surface area (Å²) in [6, 6.07) is 0.123. The summed E-state index contributed by atoms with van der Waals surface area (Å²) in [5, 5.41) is 3.17. The van der Waals surface area contributed by atoms with E-state index in [2.05, 4.69) is 19.2 Å². The fourth-order valence-corrected chi connectivity index (χ4v) is 5.92. The van der Waals surface area contributed by atoms with Crippen molar-refractivity contribution in [1.82, 2.24) is 5.32 Å². The Morgan fingerprint density at radius 1 is 1.15 bits per heavy atom. The fraction of sp³-hybridized carbons (Fsp3) is 0.941. The van der Waals surface area contributed by atoms with Crippen molar-refractivity contribution < 1.29 is 4.79 Å². The number of hydrogen-bond acceptors (Lipinski definition) is 1. The van der Waals surface area contributed by atoms with Gasteiger partial charge in [0.1, 0.15) is 0 Å². The third-order valence-electron chi connectivity index (χ3n) is 6.02. The molecule has 0 aromatic heterocycles. The Kier molecular flexibility index (Phi) is 4.05. The highest BCUT2D eigenvalue weighted by Gasteiger charge is 2.51. The van der Waals surface area contributed by atoms with Gasteiger partial charge in [0.15, 0.2) is 0 Å². The van der Waals surface area contributed by atoms with E-state index in [9.17, 15) is 4.79 Å². The number of rotatable bonds is 5. The van der Waals surface area contributed by atoms with Crippen LogP contribution in [0.1, 0.15) is 58.8 Å². The molecular formula is C17H28ClNO. The van der Waals surface area contributed by atoms with Crippen LogP contribution in [0, 0.1) is 29.1 Å². The first-order valence-corrected chi connectivity index (χ1v) is 8.88. The van der Waals surface area contributed by atoms with E-state index in [1.165, 1.54) is 38.5 Å². The molecule has 4 saturated carbocycles. The lowest BCUT2D eigenvalue weighted by Crippen LogP contribution is -2.49. The molecule has 1 atom stereocenters. The van der Waals surface area contributed by atoms with Crippen molar-refractivity contribution >= 4 is 17.5 Å². The second-order valence-electron chi connectivity index (χ2n) is 8.17. The van der Waals surface area contributed by atoms with Crippen LogP contribution in [0.25, 0.3) is 0 Å². The molecule has 0 aromatic carbocycles. The maximum Gasteiger partial charge on any atom is 0.220 e. The molecule has 1 unspecified atom stereocenters. The number of amides is 1. The summed E-state index contributed by atoms with van der Waals surface area (Å²) in [5.74, 6) is 3.93. The molecule has 20 heavy (non-hydrogen) atoms. The van der Waals surface area contributed by atoms with Crippen LogP contribution >= 0.6 is 11.6 Å². The summed E-state index contributed by atoms with van der Waals surface area (Å²) >= 11 is 5.97. The predicted molar refractivity (Wildman–Crippen MR) is 82.7 cm³/mol. The molecule has 0 radical (unpaired) electrons. The van der Waals surface area contributed by atoms with Crippen molar-refractivity contribution in [2.45, 2.75) is 64.8 Å². The van der Waals surface area contributed by atoms with Gasteiger partial charge < -0.3 is 5.32 Å². The molecule has 114 valence electrons. The lowest BCUT2D eigenvalue weighted by atomic mass is 9.49. The molecule has 0 saturated heterocycles. The maximum atomic E-state index is 12.4. The maximum absolute atomic E-state index is 12.4. The van der Waals surface area contributed by atoms with Crippen molar-refractivity contribution in [3.63, 3.8) is 0 Å². The van der Waals surface area contributed by atoms with Gasteiger partial charge >= 0.3 is 0 Å². The summed E-state index contributed by atoms with van der Waals surface area (Å²) in [7, 11) is 0. The second kappa shape index (κ2) is 5.51. The largest absolute Gasteiger partial charge is 0.352 e. The number of hydrogen-bond donors (Lipinski definition) is 1. The van der Waals surface area contributed by atoms with Crippen molar-refractivity contribution in [1.29, 1.82) is 0 Å². The first kappa shape index (κ1) is 14.7. The molecule has 1 amide bonds. The van der Waals surface area contributed by atoms with Gasteiger partial charge in [0, 0.05) is 18.3 Å². The van der Waals surface area contributed by atoms with E-state index in [0.29, 0.717) is 17.2 Å². The van der Waals surface area contributed by atoms with Crippen molar-refractivity contribution in [2.24, 2.45) is 29.1 Å². The van der Waals surface area contributed by atoms with Gasteiger partial charge in [-0.2, -0.15) is 0 Å². The molecule has 1 N–H and O–H groups in total. The summed E-state index contributed by atoms with van der Waals surface area (Å²) < 4.78 is 0. The minimum absolute atomic E-state index is 0.123. The number of carbonyl (C=O) groups is 1. The smallest absolute Gasteiger partial charge is 0.220 e. The average molecular weight is 298 g/mol. The third-order valence-corrected chi connectivity index (χ3v) is 6.35. The minimum atomic E-state index is 0.123. The van der Waals surface area contributed by atoms with Crippen LogP contribution in [0.5, 0.6) is 0 Å². The Morgan fingerprint density at radius 2 is 1.65 bits per heavy atom. The van der Waals surface area contributed by atoms with Crippen LogP contribution in [0.15, 0.2) is 0 Å². The molecule has 0 aromatic rings. The topological polar surface area (TPSA) is 29.1 Å². The van der Waals surface area contributed by atoms with Crippen molar-refractivity contribution in [2.75, 3.05) is 5.88 Å². The molecule has 4 rings (SSSR count). The standard InChI is InChI=1S/C17H28ClNO/c1-11(2)15(10-18)19-16(20)9-17-6-12-3-13(7-17)5-14(4-12)8-17/h11-15H,3-10H2,1-2H3,(H,19,20). The monoisotopic (exact) mass is 297 g/mol. The quantitative estimate of drug-likeness (QED) is 0.764. The summed E-state index contributed by atoms with van der Waals surface area (Å²) in [5.41, 5.74) is 0.340. The Bertz CT molecular complexity index is 344. The number of halogens is 1. The average Bonchev–Trinajstić information content (AvgIpc) is 2.33. The van der Waals surface area contributed by atoms with Crippen LogP contribution in [0.2, 0.25) is 0 Å². The molecule has 0 heterocycles. The molecule has 2 nitrogen and oxygen atoms in total. The molecule has 4 fully saturated rings. The van der Waals surface area contributed by atoms with E-state index < -0.39 is 0 Å². The normalized spacial score (nSPS) is 40.1. The van der Waals surface area contributed by atoms with Gasteiger partial charge in [0.05, 0.1) is 0 Å². The summed E-state index contributed by atoms with van der Waals surface area (Å²) in [4.78, 5) is 12.4. The zero-order valence-electron chi connectivity index (χ0n) is 12.8. The Hall–Kier alpha value is -0.240. The number of carbonyl (C=O) groups excluding carboxylic acids is 1. The second-order valence-corrected chi connectivity index (χ2v) is 8.48. The molecule has 0 spiro atoms. The van der Waals surface area contributed by atoms with E-state index in [4.69, 9.17) is 11.6 Å². The fourth-order valence-electron chi connectivity index (χ4n) is 5.49. The number of alkyl halides is 1. The lowest BCUT2D eigenvalue weighted by Gasteiger charge is -2.56. The van der Waals surface area contributed by atoms with Gasteiger partial charge in [-0.3, -0.25) is 4.79 Å². The van der Waals surface area contributed by atoms with Crippen LogP contribution in [0.3, 0.4) is 0 Å². The van der Waals surface area contributed by atoms with Gasteiger partial charge in [0.25, 0.3) is 0 Å². The molecule has 4 bridgehead atoms. The summed E-state index contributed by atoms with van der Waals surface area (Å²) in [6.07, 6.45) is 8.99. The predicted octanol–water partition coefficient (Wildman–Crippen LogP) is 3.97. The Labute approximate surface area is 128 Å². The highest BCUT2D eigenvalue weighted by Crippen LogP contribution is 2.61. The molecule has 4 aliphatic carbocycles. The highest BCUT2D eigenvalue weighted by molar-refractivity contribution is 6.18.